The van der Waals surface area contributed by atoms with Crippen LogP contribution >= 0.6 is 0 Å². The van der Waals surface area contributed by atoms with Crippen LogP contribution in [0, 0.1) is 5.92 Å². The minimum Gasteiger partial charge on any atom is -0.494 e. The number of carbonyl (C=O) groups is 3. The van der Waals surface area contributed by atoms with Gasteiger partial charge in [-0.1, -0.05) is 20.3 Å². The molecule has 0 aromatic heterocycles. The predicted molar refractivity (Wildman–Crippen MR) is 122 cm³/mol. The Labute approximate surface area is 189 Å². The van der Waals surface area contributed by atoms with Crippen LogP contribution in [0.3, 0.4) is 0 Å². The predicted octanol–water partition coefficient (Wildman–Crippen LogP) is 5.00. The average molecular weight is 442 g/mol. The van der Waals surface area contributed by atoms with Crippen molar-refractivity contribution in [2.45, 2.75) is 46.5 Å². The molecule has 1 unspecified atom stereocenters. The standard InChI is InChI=1S/C25H31NO6/c1-4-7-18(2)24(28)31-17-6-5-16-30-22-12-8-20(9-13-22)25(29)32-23-14-10-21(11-15-23)26-19(3)27/h8-15,18H,4-7,16-17H2,1-3H3,(H,26,27). The molecule has 0 aliphatic rings. The molecule has 7 heteroatoms. The number of hydrogen-bond donors (Lipinski definition) is 1. The van der Waals surface area contributed by atoms with Crippen LogP contribution in [-0.2, 0) is 14.3 Å². The zero-order chi connectivity index (χ0) is 23.3. The van der Waals surface area contributed by atoms with Crippen LogP contribution in [-0.4, -0.2) is 31.1 Å². The molecule has 0 heterocycles. The third-order valence-electron chi connectivity index (χ3n) is 4.65. The van der Waals surface area contributed by atoms with Crippen LogP contribution in [0.4, 0.5) is 5.69 Å². The van der Waals surface area contributed by atoms with Crippen LogP contribution in [0.15, 0.2) is 48.5 Å². The van der Waals surface area contributed by atoms with Gasteiger partial charge in [0.1, 0.15) is 11.5 Å². The van der Waals surface area contributed by atoms with E-state index < -0.39 is 5.97 Å². The molecule has 1 amide bonds. The molecule has 172 valence electrons. The van der Waals surface area contributed by atoms with Crippen molar-refractivity contribution >= 4 is 23.5 Å². The Bertz CT molecular complexity index is 876. The van der Waals surface area contributed by atoms with Crippen molar-refractivity contribution in [3.63, 3.8) is 0 Å². The molecule has 32 heavy (non-hydrogen) atoms. The van der Waals surface area contributed by atoms with E-state index in [9.17, 15) is 14.4 Å². The van der Waals surface area contributed by atoms with Crippen molar-refractivity contribution < 1.29 is 28.6 Å². The summed E-state index contributed by atoms with van der Waals surface area (Å²) in [6.45, 7) is 6.25. The third kappa shape index (κ3) is 8.79. The van der Waals surface area contributed by atoms with E-state index in [4.69, 9.17) is 14.2 Å². The van der Waals surface area contributed by atoms with Gasteiger partial charge in [0.2, 0.25) is 5.91 Å². The number of amides is 1. The Morgan fingerprint density at radius 2 is 1.53 bits per heavy atom. The molecule has 0 radical (unpaired) electrons. The summed E-state index contributed by atoms with van der Waals surface area (Å²) >= 11 is 0. The molecule has 0 aliphatic heterocycles. The number of carbonyl (C=O) groups excluding carboxylic acids is 3. The normalized spacial score (nSPS) is 11.3. The number of hydrogen-bond acceptors (Lipinski definition) is 6. The average Bonchev–Trinajstić information content (AvgIpc) is 2.77. The first kappa shape index (κ1) is 24.9. The fourth-order valence-corrected chi connectivity index (χ4v) is 2.92. The van der Waals surface area contributed by atoms with Gasteiger partial charge in [-0.3, -0.25) is 9.59 Å². The van der Waals surface area contributed by atoms with E-state index >= 15 is 0 Å². The van der Waals surface area contributed by atoms with Gasteiger partial charge in [0.05, 0.1) is 24.7 Å². The maximum absolute atomic E-state index is 12.3. The second kappa shape index (κ2) is 13.1. The number of benzene rings is 2. The molecule has 2 aromatic rings. The topological polar surface area (TPSA) is 90.9 Å². The smallest absolute Gasteiger partial charge is 0.343 e. The van der Waals surface area contributed by atoms with Gasteiger partial charge in [-0.15, -0.1) is 0 Å². The summed E-state index contributed by atoms with van der Waals surface area (Å²) in [5.41, 5.74) is 1.03. The summed E-state index contributed by atoms with van der Waals surface area (Å²) < 4.78 is 16.3. The SMILES string of the molecule is CCCC(C)C(=O)OCCCCOc1ccc(C(=O)Oc2ccc(NC(C)=O)cc2)cc1. The highest BCUT2D eigenvalue weighted by Crippen LogP contribution is 2.19. The van der Waals surface area contributed by atoms with Crippen LogP contribution < -0.4 is 14.8 Å². The van der Waals surface area contributed by atoms with Crippen molar-refractivity contribution in [2.24, 2.45) is 5.92 Å². The number of ether oxygens (including phenoxy) is 3. The zero-order valence-corrected chi connectivity index (χ0v) is 18.9. The van der Waals surface area contributed by atoms with Gasteiger partial charge >= 0.3 is 11.9 Å². The molecule has 1 N–H and O–H groups in total. The first-order chi connectivity index (χ1) is 15.4. The van der Waals surface area contributed by atoms with Crippen molar-refractivity contribution in [1.82, 2.24) is 0 Å². The first-order valence-corrected chi connectivity index (χ1v) is 10.9. The fraction of sp³-hybridized carbons (Fsp3) is 0.400. The largest absolute Gasteiger partial charge is 0.494 e. The molecule has 0 bridgehead atoms. The molecule has 0 spiro atoms. The first-order valence-electron chi connectivity index (χ1n) is 10.9. The Kier molecular flexibility index (Phi) is 10.2. The minimum atomic E-state index is -0.483. The highest BCUT2D eigenvalue weighted by Gasteiger charge is 2.12. The maximum atomic E-state index is 12.3. The van der Waals surface area contributed by atoms with Gasteiger partial charge in [-0.05, 0) is 67.8 Å². The van der Waals surface area contributed by atoms with E-state index in [1.165, 1.54) is 6.92 Å². The maximum Gasteiger partial charge on any atom is 0.343 e. The number of rotatable bonds is 12. The molecule has 0 aliphatic carbocycles. The molecule has 2 aromatic carbocycles. The van der Waals surface area contributed by atoms with Crippen molar-refractivity contribution in [3.8, 4) is 11.5 Å². The molecule has 2 rings (SSSR count). The Morgan fingerprint density at radius 3 is 2.16 bits per heavy atom. The summed E-state index contributed by atoms with van der Waals surface area (Å²) in [5.74, 6) is 0.188. The molecule has 0 saturated heterocycles. The highest BCUT2D eigenvalue weighted by molar-refractivity contribution is 5.91. The van der Waals surface area contributed by atoms with E-state index in [1.54, 1.807) is 48.5 Å². The second-order valence-electron chi connectivity index (χ2n) is 7.53. The van der Waals surface area contributed by atoms with Gasteiger partial charge in [0.15, 0.2) is 0 Å². The summed E-state index contributed by atoms with van der Waals surface area (Å²) in [7, 11) is 0. The molecular weight excluding hydrogens is 410 g/mol. The summed E-state index contributed by atoms with van der Waals surface area (Å²) in [5, 5.41) is 2.65. The fourth-order valence-electron chi connectivity index (χ4n) is 2.92. The Balaban J connectivity index is 1.69. The summed E-state index contributed by atoms with van der Waals surface area (Å²) in [4.78, 5) is 35.1. The van der Waals surface area contributed by atoms with Gasteiger partial charge in [0.25, 0.3) is 0 Å². The van der Waals surface area contributed by atoms with Crippen LogP contribution in [0.5, 0.6) is 11.5 Å². The molecule has 0 saturated carbocycles. The zero-order valence-electron chi connectivity index (χ0n) is 18.9. The van der Waals surface area contributed by atoms with Crippen LogP contribution in [0.25, 0.3) is 0 Å². The Morgan fingerprint density at radius 1 is 0.906 bits per heavy atom. The van der Waals surface area contributed by atoms with E-state index in [0.29, 0.717) is 36.0 Å². The monoisotopic (exact) mass is 441 g/mol. The molecule has 0 fully saturated rings. The molecule has 7 nitrogen and oxygen atoms in total. The van der Waals surface area contributed by atoms with Gasteiger partial charge in [-0.2, -0.15) is 0 Å². The second-order valence-corrected chi connectivity index (χ2v) is 7.53. The number of esters is 2. The quantitative estimate of drug-likeness (QED) is 0.283. The lowest BCUT2D eigenvalue weighted by molar-refractivity contribution is -0.148. The van der Waals surface area contributed by atoms with Gasteiger partial charge in [-0.25, -0.2) is 4.79 Å². The van der Waals surface area contributed by atoms with Crippen molar-refractivity contribution in [3.05, 3.63) is 54.1 Å². The van der Waals surface area contributed by atoms with E-state index in [0.717, 1.165) is 25.7 Å². The van der Waals surface area contributed by atoms with Crippen molar-refractivity contribution in [1.29, 1.82) is 0 Å². The lowest BCUT2D eigenvalue weighted by Gasteiger charge is -2.11. The third-order valence-corrected chi connectivity index (χ3v) is 4.65. The molecule has 1 atom stereocenters. The number of nitrogens with one attached hydrogen (secondary N) is 1. The van der Waals surface area contributed by atoms with Gasteiger partial charge in [0, 0.05) is 12.6 Å². The van der Waals surface area contributed by atoms with E-state index in [2.05, 4.69) is 5.32 Å². The highest BCUT2D eigenvalue weighted by atomic mass is 16.5. The number of unbranched alkanes of at least 4 members (excludes halogenated alkanes) is 1. The van der Waals surface area contributed by atoms with Crippen LogP contribution in [0.1, 0.15) is 56.8 Å². The minimum absolute atomic E-state index is 0.0513. The number of anilines is 1. The van der Waals surface area contributed by atoms with E-state index in [1.807, 2.05) is 13.8 Å². The van der Waals surface area contributed by atoms with Crippen molar-refractivity contribution in [2.75, 3.05) is 18.5 Å². The summed E-state index contributed by atoms with van der Waals surface area (Å²) in [6, 6.07) is 13.2. The Hall–Kier alpha value is -3.35. The van der Waals surface area contributed by atoms with Gasteiger partial charge < -0.3 is 19.5 Å². The van der Waals surface area contributed by atoms with Crippen LogP contribution in [0.2, 0.25) is 0 Å². The van der Waals surface area contributed by atoms with E-state index in [-0.39, 0.29) is 17.8 Å². The molecular formula is C25H31NO6. The lowest BCUT2D eigenvalue weighted by atomic mass is 10.1. The summed E-state index contributed by atoms with van der Waals surface area (Å²) in [6.07, 6.45) is 3.30. The lowest BCUT2D eigenvalue weighted by Crippen LogP contribution is -2.15.